The summed E-state index contributed by atoms with van der Waals surface area (Å²) in [6.45, 7) is 2.99. The molecule has 1 aliphatic rings. The van der Waals surface area contributed by atoms with Gasteiger partial charge in [0.2, 0.25) is 5.91 Å². The van der Waals surface area contributed by atoms with E-state index < -0.39 is 23.6 Å². The molecule has 0 spiro atoms. The van der Waals surface area contributed by atoms with Crippen LogP contribution in [0.5, 0.6) is 5.75 Å². The summed E-state index contributed by atoms with van der Waals surface area (Å²) in [5.74, 6) is -0.452. The first-order chi connectivity index (χ1) is 14.3. The maximum absolute atomic E-state index is 12.9. The summed E-state index contributed by atoms with van der Waals surface area (Å²) in [5.41, 5.74) is -0.280. The summed E-state index contributed by atoms with van der Waals surface area (Å²) in [5, 5.41) is 2.83. The van der Waals surface area contributed by atoms with E-state index in [9.17, 15) is 22.8 Å². The second-order valence-electron chi connectivity index (χ2n) is 7.12. The lowest BCUT2D eigenvalue weighted by atomic mass is 9.96. The Morgan fingerprint density at radius 1 is 1.17 bits per heavy atom. The lowest BCUT2D eigenvalue weighted by molar-refractivity contribution is -0.137. The maximum atomic E-state index is 12.9. The van der Waals surface area contributed by atoms with E-state index in [-0.39, 0.29) is 18.0 Å². The van der Waals surface area contributed by atoms with E-state index in [1.165, 1.54) is 17.0 Å². The summed E-state index contributed by atoms with van der Waals surface area (Å²) >= 11 is 0. The van der Waals surface area contributed by atoms with Gasteiger partial charge in [-0.3, -0.25) is 9.59 Å². The van der Waals surface area contributed by atoms with Crippen molar-refractivity contribution in [2.75, 3.05) is 25.0 Å². The van der Waals surface area contributed by atoms with Crippen LogP contribution in [0.4, 0.5) is 18.9 Å². The molecule has 1 aliphatic heterocycles. The Bertz CT molecular complexity index is 897. The van der Waals surface area contributed by atoms with Crippen molar-refractivity contribution in [2.45, 2.75) is 25.9 Å². The van der Waals surface area contributed by atoms with Gasteiger partial charge in [0.15, 0.2) is 0 Å². The number of carbonyl (C=O) groups excluding carboxylic acids is 2. The molecule has 3 rings (SSSR count). The van der Waals surface area contributed by atoms with E-state index in [0.29, 0.717) is 37.4 Å². The molecule has 1 unspecified atom stereocenters. The number of hydrogen-bond donors (Lipinski definition) is 1. The Hall–Kier alpha value is -3.03. The lowest BCUT2D eigenvalue weighted by Crippen LogP contribution is -2.43. The van der Waals surface area contributed by atoms with Crippen LogP contribution < -0.4 is 10.1 Å². The highest BCUT2D eigenvalue weighted by molar-refractivity contribution is 5.96. The van der Waals surface area contributed by atoms with Crippen molar-refractivity contribution < 1.29 is 27.5 Å². The van der Waals surface area contributed by atoms with Gasteiger partial charge in [0.25, 0.3) is 5.91 Å². The van der Waals surface area contributed by atoms with Gasteiger partial charge < -0.3 is 15.0 Å². The fraction of sp³-hybridized carbons (Fsp3) is 0.364. The Morgan fingerprint density at radius 2 is 1.90 bits per heavy atom. The van der Waals surface area contributed by atoms with Gasteiger partial charge in [-0.25, -0.2) is 0 Å². The van der Waals surface area contributed by atoms with Crippen LogP contribution in [-0.2, 0) is 11.0 Å². The van der Waals surface area contributed by atoms with Crippen molar-refractivity contribution >= 4 is 17.5 Å². The minimum Gasteiger partial charge on any atom is -0.494 e. The van der Waals surface area contributed by atoms with E-state index >= 15 is 0 Å². The number of benzene rings is 2. The molecule has 1 heterocycles. The zero-order valence-electron chi connectivity index (χ0n) is 16.5. The molecule has 2 aromatic rings. The van der Waals surface area contributed by atoms with Crippen LogP contribution in [0.15, 0.2) is 48.5 Å². The third-order valence-electron chi connectivity index (χ3n) is 4.95. The number of alkyl halides is 3. The molecule has 5 nitrogen and oxygen atoms in total. The molecule has 0 bridgehead atoms. The largest absolute Gasteiger partial charge is 0.494 e. The van der Waals surface area contributed by atoms with Crippen LogP contribution in [0.2, 0.25) is 0 Å². The number of ether oxygens (including phenoxy) is 1. The lowest BCUT2D eigenvalue weighted by Gasteiger charge is -2.32. The molecule has 2 amide bonds. The minimum atomic E-state index is -4.52. The van der Waals surface area contributed by atoms with Crippen LogP contribution >= 0.6 is 0 Å². The van der Waals surface area contributed by atoms with Crippen LogP contribution in [0.25, 0.3) is 0 Å². The molecular weight excluding hydrogens is 397 g/mol. The molecule has 1 N–H and O–H groups in total. The summed E-state index contributed by atoms with van der Waals surface area (Å²) in [6.07, 6.45) is -3.31. The van der Waals surface area contributed by atoms with E-state index in [1.807, 2.05) is 6.92 Å². The van der Waals surface area contributed by atoms with Crippen molar-refractivity contribution in [1.82, 2.24) is 4.90 Å². The van der Waals surface area contributed by atoms with Gasteiger partial charge >= 0.3 is 6.18 Å². The first kappa shape index (κ1) is 21.7. The van der Waals surface area contributed by atoms with Gasteiger partial charge in [-0.2, -0.15) is 13.2 Å². The molecule has 160 valence electrons. The molecule has 30 heavy (non-hydrogen) atoms. The average molecular weight is 420 g/mol. The number of anilines is 1. The Balaban J connectivity index is 1.64. The third-order valence-corrected chi connectivity index (χ3v) is 4.95. The van der Waals surface area contributed by atoms with Crippen LogP contribution in [0, 0.1) is 5.92 Å². The Morgan fingerprint density at radius 3 is 2.57 bits per heavy atom. The first-order valence-electron chi connectivity index (χ1n) is 9.78. The molecule has 1 saturated heterocycles. The highest BCUT2D eigenvalue weighted by Crippen LogP contribution is 2.30. The van der Waals surface area contributed by atoms with E-state index in [2.05, 4.69) is 5.32 Å². The number of rotatable bonds is 5. The number of piperidine rings is 1. The SMILES string of the molecule is CCOc1ccc(NC(=O)C2CCCN(C(=O)c3cccc(C(F)(F)F)c3)C2)cc1. The number of halogens is 3. The molecule has 0 aromatic heterocycles. The van der Waals surface area contributed by atoms with Gasteiger partial charge in [-0.1, -0.05) is 6.07 Å². The topological polar surface area (TPSA) is 58.6 Å². The zero-order valence-corrected chi connectivity index (χ0v) is 16.5. The molecule has 1 fully saturated rings. The summed E-state index contributed by atoms with van der Waals surface area (Å²) < 4.78 is 44.2. The van der Waals surface area contributed by atoms with E-state index in [0.717, 1.165) is 12.1 Å². The smallest absolute Gasteiger partial charge is 0.416 e. The fourth-order valence-corrected chi connectivity index (χ4v) is 3.43. The fourth-order valence-electron chi connectivity index (χ4n) is 3.43. The Kier molecular flexibility index (Phi) is 6.64. The number of amides is 2. The summed E-state index contributed by atoms with van der Waals surface area (Å²) in [4.78, 5) is 26.8. The molecule has 0 saturated carbocycles. The van der Waals surface area contributed by atoms with Gasteiger partial charge in [-0.15, -0.1) is 0 Å². The van der Waals surface area contributed by atoms with E-state index in [1.54, 1.807) is 24.3 Å². The second-order valence-corrected chi connectivity index (χ2v) is 7.12. The molecular formula is C22H23F3N2O3. The first-order valence-corrected chi connectivity index (χ1v) is 9.78. The maximum Gasteiger partial charge on any atom is 0.416 e. The molecule has 2 aromatic carbocycles. The number of nitrogens with one attached hydrogen (secondary N) is 1. The number of likely N-dealkylation sites (tertiary alicyclic amines) is 1. The molecule has 0 radical (unpaired) electrons. The standard InChI is InChI=1S/C22H23F3N2O3/c1-2-30-19-10-8-18(9-11-19)26-20(28)16-6-4-12-27(14-16)21(29)15-5-3-7-17(13-15)22(23,24)25/h3,5,7-11,13,16H,2,4,6,12,14H2,1H3,(H,26,28). The zero-order chi connectivity index (χ0) is 21.7. The third kappa shape index (κ3) is 5.31. The van der Waals surface area contributed by atoms with Crippen molar-refractivity contribution in [2.24, 2.45) is 5.92 Å². The summed E-state index contributed by atoms with van der Waals surface area (Å²) in [6, 6.07) is 11.3. The molecule has 1 atom stereocenters. The quantitative estimate of drug-likeness (QED) is 0.770. The number of hydrogen-bond acceptors (Lipinski definition) is 3. The van der Waals surface area contributed by atoms with Crippen molar-refractivity contribution in [1.29, 1.82) is 0 Å². The van der Waals surface area contributed by atoms with Crippen LogP contribution in [0.3, 0.4) is 0 Å². The average Bonchev–Trinajstić information content (AvgIpc) is 2.74. The van der Waals surface area contributed by atoms with Gasteiger partial charge in [-0.05, 0) is 62.2 Å². The van der Waals surface area contributed by atoms with E-state index in [4.69, 9.17) is 4.74 Å². The normalized spacial score (nSPS) is 16.8. The number of nitrogens with zero attached hydrogens (tertiary/aromatic N) is 1. The Labute approximate surface area is 172 Å². The van der Waals surface area contributed by atoms with Gasteiger partial charge in [0.1, 0.15) is 5.75 Å². The van der Waals surface area contributed by atoms with Gasteiger partial charge in [0, 0.05) is 24.3 Å². The molecule has 0 aliphatic carbocycles. The van der Waals surface area contributed by atoms with Crippen LogP contribution in [0.1, 0.15) is 35.7 Å². The van der Waals surface area contributed by atoms with Crippen molar-refractivity contribution in [3.05, 3.63) is 59.7 Å². The molecule has 8 heteroatoms. The minimum absolute atomic E-state index is 0.0302. The van der Waals surface area contributed by atoms with Gasteiger partial charge in [0.05, 0.1) is 18.1 Å². The predicted octanol–water partition coefficient (Wildman–Crippen LogP) is 4.60. The highest BCUT2D eigenvalue weighted by Gasteiger charge is 2.33. The predicted molar refractivity (Wildman–Crippen MR) is 106 cm³/mol. The monoisotopic (exact) mass is 420 g/mol. The van der Waals surface area contributed by atoms with Crippen LogP contribution in [-0.4, -0.2) is 36.4 Å². The summed E-state index contributed by atoms with van der Waals surface area (Å²) in [7, 11) is 0. The number of carbonyl (C=O) groups is 2. The highest BCUT2D eigenvalue weighted by atomic mass is 19.4. The second kappa shape index (κ2) is 9.19. The van der Waals surface area contributed by atoms with Crippen molar-refractivity contribution in [3.63, 3.8) is 0 Å². The van der Waals surface area contributed by atoms with Crippen molar-refractivity contribution in [3.8, 4) is 5.75 Å².